The molecule has 2 heteroatoms. The molecule has 0 aliphatic heterocycles. The molecule has 0 fully saturated rings. The van der Waals surface area contributed by atoms with Gasteiger partial charge >= 0.3 is 0 Å². The molecule has 1 rings (SSSR count). The Morgan fingerprint density at radius 1 is 1.21 bits per heavy atom. The van der Waals surface area contributed by atoms with Crippen LogP contribution in [0, 0.1) is 13.8 Å². The lowest BCUT2D eigenvalue weighted by Crippen LogP contribution is -2.12. The van der Waals surface area contributed by atoms with E-state index in [1.54, 1.807) is 0 Å². The standard InChI is InChI=1S/C12H19NO/c1-6-14-11-8-7-9(2)12(10(11)3)13(4)5/h7-8H,6H2,1-5H3. The first-order valence-corrected chi connectivity index (χ1v) is 4.98. The Morgan fingerprint density at radius 3 is 2.36 bits per heavy atom. The Kier molecular flexibility index (Phi) is 3.39. The summed E-state index contributed by atoms with van der Waals surface area (Å²) < 4.78 is 5.56. The van der Waals surface area contributed by atoms with Crippen molar-refractivity contribution in [3.63, 3.8) is 0 Å². The van der Waals surface area contributed by atoms with Crippen molar-refractivity contribution in [2.75, 3.05) is 25.6 Å². The van der Waals surface area contributed by atoms with Crippen LogP contribution in [0.15, 0.2) is 12.1 Å². The van der Waals surface area contributed by atoms with Crippen LogP contribution in [0.5, 0.6) is 5.75 Å². The zero-order valence-corrected chi connectivity index (χ0v) is 9.72. The van der Waals surface area contributed by atoms with Crippen molar-refractivity contribution < 1.29 is 4.74 Å². The lowest BCUT2D eigenvalue weighted by Gasteiger charge is -2.20. The highest BCUT2D eigenvalue weighted by molar-refractivity contribution is 5.62. The predicted molar refractivity (Wildman–Crippen MR) is 61.4 cm³/mol. The molecule has 0 aliphatic carbocycles. The van der Waals surface area contributed by atoms with Gasteiger partial charge in [-0.05, 0) is 32.4 Å². The third-order valence-corrected chi connectivity index (χ3v) is 2.33. The van der Waals surface area contributed by atoms with E-state index in [0.29, 0.717) is 0 Å². The van der Waals surface area contributed by atoms with Gasteiger partial charge in [0.2, 0.25) is 0 Å². The molecule has 0 heterocycles. The van der Waals surface area contributed by atoms with Crippen LogP contribution in [0.1, 0.15) is 18.1 Å². The summed E-state index contributed by atoms with van der Waals surface area (Å²) in [6.45, 7) is 6.96. The van der Waals surface area contributed by atoms with Gasteiger partial charge in [0.05, 0.1) is 6.61 Å². The first-order valence-electron chi connectivity index (χ1n) is 4.98. The van der Waals surface area contributed by atoms with Gasteiger partial charge in [-0.25, -0.2) is 0 Å². The number of rotatable bonds is 3. The molecule has 14 heavy (non-hydrogen) atoms. The van der Waals surface area contributed by atoms with Crippen LogP contribution >= 0.6 is 0 Å². The zero-order valence-electron chi connectivity index (χ0n) is 9.72. The minimum atomic E-state index is 0.719. The van der Waals surface area contributed by atoms with Gasteiger partial charge in [-0.3, -0.25) is 0 Å². The second-order valence-electron chi connectivity index (χ2n) is 3.68. The fraction of sp³-hybridized carbons (Fsp3) is 0.500. The summed E-state index contributed by atoms with van der Waals surface area (Å²) in [4.78, 5) is 2.13. The van der Waals surface area contributed by atoms with E-state index in [9.17, 15) is 0 Å². The monoisotopic (exact) mass is 193 g/mol. The Hall–Kier alpha value is -1.18. The van der Waals surface area contributed by atoms with Gasteiger partial charge in [0, 0.05) is 25.3 Å². The fourth-order valence-corrected chi connectivity index (χ4v) is 1.82. The molecule has 0 amide bonds. The molecule has 0 radical (unpaired) electrons. The maximum atomic E-state index is 5.56. The number of aryl methyl sites for hydroxylation is 1. The van der Waals surface area contributed by atoms with Gasteiger partial charge < -0.3 is 9.64 Å². The molecule has 0 atom stereocenters. The lowest BCUT2D eigenvalue weighted by atomic mass is 10.1. The van der Waals surface area contributed by atoms with Gasteiger partial charge in [0.1, 0.15) is 5.75 Å². The van der Waals surface area contributed by atoms with E-state index in [4.69, 9.17) is 4.74 Å². The van der Waals surface area contributed by atoms with Gasteiger partial charge in [0.25, 0.3) is 0 Å². The molecule has 0 saturated heterocycles. The molecular formula is C12H19NO. The van der Waals surface area contributed by atoms with E-state index in [1.165, 1.54) is 16.8 Å². The number of nitrogens with zero attached hydrogens (tertiary/aromatic N) is 1. The largest absolute Gasteiger partial charge is 0.494 e. The minimum Gasteiger partial charge on any atom is -0.494 e. The van der Waals surface area contributed by atoms with Crippen molar-refractivity contribution in [3.05, 3.63) is 23.3 Å². The van der Waals surface area contributed by atoms with E-state index < -0.39 is 0 Å². The van der Waals surface area contributed by atoms with Crippen LogP contribution in [0.4, 0.5) is 5.69 Å². The van der Waals surface area contributed by atoms with Crippen LogP contribution in [0.2, 0.25) is 0 Å². The van der Waals surface area contributed by atoms with E-state index in [0.717, 1.165) is 12.4 Å². The molecule has 0 N–H and O–H groups in total. The second kappa shape index (κ2) is 4.36. The maximum absolute atomic E-state index is 5.56. The molecule has 1 aromatic rings. The molecule has 0 unspecified atom stereocenters. The topological polar surface area (TPSA) is 12.5 Å². The fourth-order valence-electron chi connectivity index (χ4n) is 1.82. The molecule has 78 valence electrons. The smallest absolute Gasteiger partial charge is 0.124 e. The van der Waals surface area contributed by atoms with Crippen molar-refractivity contribution in [1.82, 2.24) is 0 Å². The van der Waals surface area contributed by atoms with Crippen LogP contribution in [0.3, 0.4) is 0 Å². The van der Waals surface area contributed by atoms with E-state index in [1.807, 2.05) is 13.0 Å². The van der Waals surface area contributed by atoms with E-state index in [2.05, 4.69) is 38.9 Å². The summed E-state index contributed by atoms with van der Waals surface area (Å²) >= 11 is 0. The third kappa shape index (κ3) is 2.00. The average Bonchev–Trinajstić information content (AvgIpc) is 2.10. The second-order valence-corrected chi connectivity index (χ2v) is 3.68. The summed E-state index contributed by atoms with van der Waals surface area (Å²) in [7, 11) is 4.12. The summed E-state index contributed by atoms with van der Waals surface area (Å²) in [5.74, 6) is 0.988. The molecule has 1 aromatic carbocycles. The normalized spacial score (nSPS) is 10.1. The highest BCUT2D eigenvalue weighted by Gasteiger charge is 2.09. The molecule has 0 bridgehead atoms. The van der Waals surface area contributed by atoms with Crippen LogP contribution < -0.4 is 9.64 Å². The van der Waals surface area contributed by atoms with Crippen LogP contribution in [-0.2, 0) is 0 Å². The van der Waals surface area contributed by atoms with Gasteiger partial charge in [-0.1, -0.05) is 6.07 Å². The summed E-state index contributed by atoms with van der Waals surface area (Å²) in [5.41, 5.74) is 3.77. The SMILES string of the molecule is CCOc1ccc(C)c(N(C)C)c1C. The number of benzene rings is 1. The molecule has 0 aromatic heterocycles. The average molecular weight is 193 g/mol. The lowest BCUT2D eigenvalue weighted by molar-refractivity contribution is 0.338. The van der Waals surface area contributed by atoms with Crippen molar-refractivity contribution >= 4 is 5.69 Å². The minimum absolute atomic E-state index is 0.719. The number of hydrogen-bond donors (Lipinski definition) is 0. The van der Waals surface area contributed by atoms with Crippen molar-refractivity contribution in [1.29, 1.82) is 0 Å². The van der Waals surface area contributed by atoms with Crippen molar-refractivity contribution in [2.24, 2.45) is 0 Å². The first kappa shape index (κ1) is 10.9. The molecule has 0 aliphatic rings. The van der Waals surface area contributed by atoms with Gasteiger partial charge in [0.15, 0.2) is 0 Å². The molecule has 0 spiro atoms. The molecular weight excluding hydrogens is 174 g/mol. The van der Waals surface area contributed by atoms with E-state index in [-0.39, 0.29) is 0 Å². The Morgan fingerprint density at radius 2 is 1.86 bits per heavy atom. The molecule has 0 saturated carbocycles. The predicted octanol–water partition coefficient (Wildman–Crippen LogP) is 2.77. The molecule has 2 nitrogen and oxygen atoms in total. The van der Waals surface area contributed by atoms with Gasteiger partial charge in [-0.2, -0.15) is 0 Å². The van der Waals surface area contributed by atoms with Crippen LogP contribution in [0.25, 0.3) is 0 Å². The van der Waals surface area contributed by atoms with Crippen molar-refractivity contribution in [3.8, 4) is 5.75 Å². The first-order chi connectivity index (χ1) is 6.57. The third-order valence-electron chi connectivity index (χ3n) is 2.33. The maximum Gasteiger partial charge on any atom is 0.124 e. The Labute approximate surface area is 86.5 Å². The van der Waals surface area contributed by atoms with Gasteiger partial charge in [-0.15, -0.1) is 0 Å². The highest BCUT2D eigenvalue weighted by atomic mass is 16.5. The van der Waals surface area contributed by atoms with Crippen molar-refractivity contribution in [2.45, 2.75) is 20.8 Å². The number of anilines is 1. The summed E-state index contributed by atoms with van der Waals surface area (Å²) in [6.07, 6.45) is 0. The zero-order chi connectivity index (χ0) is 10.7. The summed E-state index contributed by atoms with van der Waals surface area (Å²) in [6, 6.07) is 4.15. The Balaban J connectivity index is 3.19. The highest BCUT2D eigenvalue weighted by Crippen LogP contribution is 2.30. The number of hydrogen-bond acceptors (Lipinski definition) is 2. The van der Waals surface area contributed by atoms with E-state index >= 15 is 0 Å². The van der Waals surface area contributed by atoms with Crippen LogP contribution in [-0.4, -0.2) is 20.7 Å². The summed E-state index contributed by atoms with van der Waals surface area (Å²) in [5, 5.41) is 0. The quantitative estimate of drug-likeness (QED) is 0.732. The number of ether oxygens (including phenoxy) is 1. The Bertz CT molecular complexity index is 318.